The van der Waals surface area contributed by atoms with E-state index in [1.54, 1.807) is 24.3 Å². The molecule has 3 nitrogen and oxygen atoms in total. The summed E-state index contributed by atoms with van der Waals surface area (Å²) in [7, 11) is 0. The van der Waals surface area contributed by atoms with Gasteiger partial charge in [-0.05, 0) is 48.9 Å². The number of benzene rings is 2. The number of hydrogen-bond donors (Lipinski definition) is 1. The van der Waals surface area contributed by atoms with Crippen LogP contribution >= 0.6 is 0 Å². The molecule has 0 saturated heterocycles. The molecular weight excluding hydrogens is 241 g/mol. The maximum absolute atomic E-state index is 13.1. The van der Waals surface area contributed by atoms with Gasteiger partial charge in [-0.25, -0.2) is 9.37 Å². The van der Waals surface area contributed by atoms with Gasteiger partial charge in [0.1, 0.15) is 11.6 Å². The van der Waals surface area contributed by atoms with Crippen LogP contribution in [0.3, 0.4) is 0 Å². The lowest BCUT2D eigenvalue weighted by Crippen LogP contribution is -1.86. The molecule has 3 rings (SSSR count). The second-order valence-corrected chi connectivity index (χ2v) is 4.39. The van der Waals surface area contributed by atoms with Gasteiger partial charge in [0.15, 0.2) is 0 Å². The van der Waals surface area contributed by atoms with Crippen molar-refractivity contribution in [2.75, 3.05) is 0 Å². The SMILES string of the molecule is Cc1cc(F)ccc1-c1nc2ccc(C#N)cc2[nH]1. The number of aryl methyl sites for hydroxylation is 1. The van der Waals surface area contributed by atoms with E-state index in [2.05, 4.69) is 16.0 Å². The summed E-state index contributed by atoms with van der Waals surface area (Å²) in [4.78, 5) is 7.62. The normalized spacial score (nSPS) is 10.6. The first-order valence-electron chi connectivity index (χ1n) is 5.84. The Morgan fingerprint density at radius 3 is 2.79 bits per heavy atom. The number of fused-ring (bicyclic) bond motifs is 1. The van der Waals surface area contributed by atoms with Crippen LogP contribution in [0.25, 0.3) is 22.4 Å². The monoisotopic (exact) mass is 251 g/mol. The van der Waals surface area contributed by atoms with Crippen LogP contribution < -0.4 is 0 Å². The molecule has 0 amide bonds. The van der Waals surface area contributed by atoms with Gasteiger partial charge in [0.2, 0.25) is 0 Å². The molecule has 1 N–H and O–H groups in total. The number of aromatic nitrogens is 2. The number of rotatable bonds is 1. The van der Waals surface area contributed by atoms with Crippen LogP contribution in [-0.2, 0) is 0 Å². The second-order valence-electron chi connectivity index (χ2n) is 4.39. The van der Waals surface area contributed by atoms with Crippen LogP contribution in [0.5, 0.6) is 0 Å². The van der Waals surface area contributed by atoms with Gasteiger partial charge in [-0.15, -0.1) is 0 Å². The molecule has 0 bridgehead atoms. The minimum atomic E-state index is -0.260. The lowest BCUT2D eigenvalue weighted by Gasteiger charge is -2.01. The Labute approximate surface area is 109 Å². The fourth-order valence-corrected chi connectivity index (χ4v) is 2.10. The molecule has 0 fully saturated rings. The summed E-state index contributed by atoms with van der Waals surface area (Å²) in [6, 6.07) is 12.0. The van der Waals surface area contributed by atoms with Crippen molar-refractivity contribution < 1.29 is 4.39 Å². The number of halogens is 1. The fourth-order valence-electron chi connectivity index (χ4n) is 2.10. The number of hydrogen-bond acceptors (Lipinski definition) is 2. The third kappa shape index (κ3) is 1.95. The van der Waals surface area contributed by atoms with Crippen molar-refractivity contribution in [2.45, 2.75) is 6.92 Å². The highest BCUT2D eigenvalue weighted by molar-refractivity contribution is 5.81. The predicted octanol–water partition coefficient (Wildman–Crippen LogP) is 3.55. The van der Waals surface area contributed by atoms with E-state index in [4.69, 9.17) is 5.26 Å². The summed E-state index contributed by atoms with van der Waals surface area (Å²) in [5.74, 6) is 0.423. The lowest BCUT2D eigenvalue weighted by atomic mass is 10.1. The van der Waals surface area contributed by atoms with Gasteiger partial charge >= 0.3 is 0 Å². The Morgan fingerprint density at radius 2 is 2.05 bits per heavy atom. The Balaban J connectivity index is 2.18. The molecule has 0 aliphatic rings. The van der Waals surface area contributed by atoms with Gasteiger partial charge in [-0.2, -0.15) is 5.26 Å². The average Bonchev–Trinajstić information content (AvgIpc) is 2.80. The number of imidazole rings is 1. The predicted molar refractivity (Wildman–Crippen MR) is 70.9 cm³/mol. The number of aromatic amines is 1. The summed E-state index contributed by atoms with van der Waals surface area (Å²) in [5.41, 5.74) is 3.85. The van der Waals surface area contributed by atoms with Crippen LogP contribution in [0.1, 0.15) is 11.1 Å². The van der Waals surface area contributed by atoms with E-state index in [-0.39, 0.29) is 5.82 Å². The van der Waals surface area contributed by atoms with E-state index in [0.717, 1.165) is 22.2 Å². The molecule has 19 heavy (non-hydrogen) atoms. The number of nitrogens with zero attached hydrogens (tertiary/aromatic N) is 2. The summed E-state index contributed by atoms with van der Waals surface area (Å²) in [5, 5.41) is 8.87. The van der Waals surface area contributed by atoms with Gasteiger partial charge in [-0.3, -0.25) is 0 Å². The number of H-pyrrole nitrogens is 1. The van der Waals surface area contributed by atoms with E-state index in [1.807, 2.05) is 6.92 Å². The summed E-state index contributed by atoms with van der Waals surface area (Å²) in [6.45, 7) is 1.84. The van der Waals surface area contributed by atoms with E-state index < -0.39 is 0 Å². The number of nitriles is 1. The average molecular weight is 251 g/mol. The summed E-state index contributed by atoms with van der Waals surface area (Å²) >= 11 is 0. The highest BCUT2D eigenvalue weighted by Gasteiger charge is 2.08. The third-order valence-corrected chi connectivity index (χ3v) is 3.05. The quantitative estimate of drug-likeness (QED) is 0.719. The molecule has 3 aromatic rings. The standard InChI is InChI=1S/C15H10FN3/c1-9-6-11(16)3-4-12(9)15-18-13-5-2-10(8-17)7-14(13)19-15/h2-7H,1H3,(H,18,19). The van der Waals surface area contributed by atoms with E-state index in [9.17, 15) is 4.39 Å². The van der Waals surface area contributed by atoms with Gasteiger partial charge in [-0.1, -0.05) is 0 Å². The molecule has 0 atom stereocenters. The molecule has 0 aliphatic carbocycles. The minimum Gasteiger partial charge on any atom is -0.338 e. The first kappa shape index (κ1) is 11.4. The molecule has 4 heteroatoms. The van der Waals surface area contributed by atoms with Crippen molar-refractivity contribution in [3.8, 4) is 17.5 Å². The Kier molecular flexibility index (Phi) is 2.53. The van der Waals surface area contributed by atoms with Crippen molar-refractivity contribution in [3.05, 3.63) is 53.3 Å². The van der Waals surface area contributed by atoms with Crippen molar-refractivity contribution in [2.24, 2.45) is 0 Å². The van der Waals surface area contributed by atoms with E-state index in [1.165, 1.54) is 12.1 Å². The molecule has 0 radical (unpaired) electrons. The molecule has 0 saturated carbocycles. The molecule has 0 spiro atoms. The van der Waals surface area contributed by atoms with Crippen LogP contribution in [0.2, 0.25) is 0 Å². The second kappa shape index (κ2) is 4.21. The van der Waals surface area contributed by atoms with Crippen molar-refractivity contribution in [1.29, 1.82) is 5.26 Å². The zero-order valence-electron chi connectivity index (χ0n) is 10.2. The third-order valence-electron chi connectivity index (χ3n) is 3.05. The van der Waals surface area contributed by atoms with Crippen LogP contribution in [-0.4, -0.2) is 9.97 Å². The zero-order valence-corrected chi connectivity index (χ0v) is 10.2. The van der Waals surface area contributed by atoms with Crippen molar-refractivity contribution in [3.63, 3.8) is 0 Å². The zero-order chi connectivity index (χ0) is 13.4. The van der Waals surface area contributed by atoms with Crippen molar-refractivity contribution >= 4 is 11.0 Å². The molecule has 0 aliphatic heterocycles. The smallest absolute Gasteiger partial charge is 0.138 e. The fraction of sp³-hybridized carbons (Fsp3) is 0.0667. The van der Waals surface area contributed by atoms with E-state index in [0.29, 0.717) is 11.4 Å². The minimum absolute atomic E-state index is 0.260. The molecule has 1 aromatic heterocycles. The highest BCUT2D eigenvalue weighted by Crippen LogP contribution is 2.24. The Morgan fingerprint density at radius 1 is 1.21 bits per heavy atom. The lowest BCUT2D eigenvalue weighted by molar-refractivity contribution is 0.627. The summed E-state index contributed by atoms with van der Waals surface area (Å²) < 4.78 is 13.1. The van der Waals surface area contributed by atoms with Gasteiger partial charge in [0, 0.05) is 5.56 Å². The maximum Gasteiger partial charge on any atom is 0.138 e. The Hall–Kier alpha value is -2.67. The summed E-state index contributed by atoms with van der Waals surface area (Å²) in [6.07, 6.45) is 0. The topological polar surface area (TPSA) is 52.5 Å². The molecule has 2 aromatic carbocycles. The van der Waals surface area contributed by atoms with Crippen LogP contribution in [0.4, 0.5) is 4.39 Å². The first-order chi connectivity index (χ1) is 9.17. The molecule has 0 unspecified atom stereocenters. The van der Waals surface area contributed by atoms with Gasteiger partial charge in [0.25, 0.3) is 0 Å². The molecule has 92 valence electrons. The van der Waals surface area contributed by atoms with Crippen LogP contribution in [0.15, 0.2) is 36.4 Å². The Bertz CT molecular complexity index is 812. The molecular formula is C15H10FN3. The van der Waals surface area contributed by atoms with Crippen molar-refractivity contribution in [1.82, 2.24) is 9.97 Å². The van der Waals surface area contributed by atoms with E-state index >= 15 is 0 Å². The first-order valence-corrected chi connectivity index (χ1v) is 5.84. The number of nitrogens with one attached hydrogen (secondary N) is 1. The highest BCUT2D eigenvalue weighted by atomic mass is 19.1. The molecule has 1 heterocycles. The largest absolute Gasteiger partial charge is 0.338 e. The van der Waals surface area contributed by atoms with Gasteiger partial charge in [0.05, 0.1) is 22.7 Å². The maximum atomic E-state index is 13.1. The van der Waals surface area contributed by atoms with Crippen LogP contribution in [0, 0.1) is 24.1 Å². The van der Waals surface area contributed by atoms with Gasteiger partial charge < -0.3 is 4.98 Å².